The zero-order valence-electron chi connectivity index (χ0n) is 11.3. The van der Waals surface area contributed by atoms with Gasteiger partial charge in [-0.05, 0) is 61.7 Å². The van der Waals surface area contributed by atoms with Crippen molar-refractivity contribution in [2.75, 3.05) is 0 Å². The maximum Gasteiger partial charge on any atom is 0.0624 e. The van der Waals surface area contributed by atoms with Crippen LogP contribution < -0.4 is 0 Å². The number of aliphatic hydroxyl groups is 1. The molecule has 1 nitrogen and oxygen atoms in total. The van der Waals surface area contributed by atoms with Crippen LogP contribution in [0.1, 0.15) is 71.1 Å². The van der Waals surface area contributed by atoms with Gasteiger partial charge in [-0.2, -0.15) is 0 Å². The minimum Gasteiger partial charge on any atom is -0.392 e. The van der Waals surface area contributed by atoms with Crippen molar-refractivity contribution in [1.82, 2.24) is 0 Å². The van der Waals surface area contributed by atoms with Crippen molar-refractivity contribution in [3.05, 3.63) is 0 Å². The average Bonchev–Trinajstić information content (AvgIpc) is 2.31. The zero-order chi connectivity index (χ0) is 11.9. The van der Waals surface area contributed by atoms with E-state index in [1.807, 2.05) is 0 Å². The molecule has 0 radical (unpaired) electrons. The molecule has 3 unspecified atom stereocenters. The highest BCUT2D eigenvalue weighted by Gasteiger charge is 2.55. The topological polar surface area (TPSA) is 20.2 Å². The lowest BCUT2D eigenvalue weighted by Crippen LogP contribution is -2.55. The van der Waals surface area contributed by atoms with Crippen LogP contribution in [0.5, 0.6) is 0 Å². The molecular formula is C16H28O. The quantitative estimate of drug-likeness (QED) is 0.711. The first kappa shape index (κ1) is 12.0. The SMILES string of the molecule is CCCCCCC12C[C@@H]3CC(C[C@@H](C3)C1)C2O. The van der Waals surface area contributed by atoms with E-state index in [9.17, 15) is 5.11 Å². The van der Waals surface area contributed by atoms with Gasteiger partial charge in [0, 0.05) is 0 Å². The third-order valence-corrected chi connectivity index (χ3v) is 5.93. The maximum atomic E-state index is 10.6. The van der Waals surface area contributed by atoms with Crippen molar-refractivity contribution >= 4 is 0 Å². The van der Waals surface area contributed by atoms with Crippen molar-refractivity contribution in [3.63, 3.8) is 0 Å². The van der Waals surface area contributed by atoms with Gasteiger partial charge in [0.25, 0.3) is 0 Å². The van der Waals surface area contributed by atoms with Gasteiger partial charge in [0.15, 0.2) is 0 Å². The first-order valence-corrected chi connectivity index (χ1v) is 7.91. The summed E-state index contributed by atoms with van der Waals surface area (Å²) in [7, 11) is 0. The van der Waals surface area contributed by atoms with Crippen LogP contribution in [0, 0.1) is 23.2 Å². The van der Waals surface area contributed by atoms with Gasteiger partial charge < -0.3 is 5.11 Å². The molecule has 98 valence electrons. The van der Waals surface area contributed by atoms with Gasteiger partial charge in [-0.1, -0.05) is 32.6 Å². The Morgan fingerprint density at radius 1 is 1.00 bits per heavy atom. The summed E-state index contributed by atoms with van der Waals surface area (Å²) < 4.78 is 0. The van der Waals surface area contributed by atoms with Gasteiger partial charge in [-0.15, -0.1) is 0 Å². The van der Waals surface area contributed by atoms with E-state index in [-0.39, 0.29) is 6.10 Å². The van der Waals surface area contributed by atoms with E-state index in [4.69, 9.17) is 0 Å². The van der Waals surface area contributed by atoms with Gasteiger partial charge in [0.2, 0.25) is 0 Å². The molecule has 1 heteroatoms. The second-order valence-electron chi connectivity index (χ2n) is 7.23. The molecule has 4 aliphatic rings. The molecule has 0 spiro atoms. The average molecular weight is 236 g/mol. The summed E-state index contributed by atoms with van der Waals surface area (Å²) in [5.74, 6) is 2.62. The molecular weight excluding hydrogens is 208 g/mol. The Morgan fingerprint density at radius 2 is 1.71 bits per heavy atom. The molecule has 0 aliphatic heterocycles. The molecule has 4 aliphatic carbocycles. The normalized spacial score (nSPS) is 47.6. The highest BCUT2D eigenvalue weighted by atomic mass is 16.3. The predicted molar refractivity (Wildman–Crippen MR) is 70.8 cm³/mol. The maximum absolute atomic E-state index is 10.6. The van der Waals surface area contributed by atoms with Crippen molar-refractivity contribution in [3.8, 4) is 0 Å². The van der Waals surface area contributed by atoms with Crippen molar-refractivity contribution < 1.29 is 5.11 Å². The van der Waals surface area contributed by atoms with Crippen LogP contribution in [-0.4, -0.2) is 11.2 Å². The van der Waals surface area contributed by atoms with Crippen LogP contribution >= 0.6 is 0 Å². The highest BCUT2D eigenvalue weighted by Crippen LogP contribution is 2.61. The fraction of sp³-hybridized carbons (Fsp3) is 1.00. The van der Waals surface area contributed by atoms with Gasteiger partial charge in [0.1, 0.15) is 0 Å². The Hall–Kier alpha value is -0.0400. The second-order valence-corrected chi connectivity index (χ2v) is 7.23. The van der Waals surface area contributed by atoms with E-state index < -0.39 is 0 Å². The van der Waals surface area contributed by atoms with Gasteiger partial charge in [-0.3, -0.25) is 0 Å². The molecule has 4 rings (SSSR count). The summed E-state index contributed by atoms with van der Waals surface area (Å²) in [6.45, 7) is 2.28. The summed E-state index contributed by atoms with van der Waals surface area (Å²) in [6, 6.07) is 0. The van der Waals surface area contributed by atoms with E-state index >= 15 is 0 Å². The molecule has 0 aromatic rings. The van der Waals surface area contributed by atoms with Crippen molar-refractivity contribution in [1.29, 1.82) is 0 Å². The first-order valence-electron chi connectivity index (χ1n) is 7.91. The smallest absolute Gasteiger partial charge is 0.0624 e. The van der Waals surface area contributed by atoms with Crippen LogP contribution in [0.25, 0.3) is 0 Å². The minimum absolute atomic E-state index is 0.0527. The fourth-order valence-corrected chi connectivity index (χ4v) is 5.44. The monoisotopic (exact) mass is 236 g/mol. The van der Waals surface area contributed by atoms with Crippen LogP contribution in [0.3, 0.4) is 0 Å². The largest absolute Gasteiger partial charge is 0.392 e. The Bertz CT molecular complexity index is 259. The molecule has 4 bridgehead atoms. The zero-order valence-corrected chi connectivity index (χ0v) is 11.3. The molecule has 0 aromatic carbocycles. The lowest BCUT2D eigenvalue weighted by atomic mass is 9.47. The van der Waals surface area contributed by atoms with E-state index in [1.54, 1.807) is 0 Å². The lowest BCUT2D eigenvalue weighted by Gasteiger charge is -2.60. The number of unbranched alkanes of at least 4 members (excludes halogenated alkanes) is 3. The molecule has 4 saturated carbocycles. The summed E-state index contributed by atoms with van der Waals surface area (Å²) in [4.78, 5) is 0. The third kappa shape index (κ3) is 2.05. The predicted octanol–water partition coefficient (Wildman–Crippen LogP) is 4.14. The van der Waals surface area contributed by atoms with Crippen LogP contribution in [0.4, 0.5) is 0 Å². The second kappa shape index (κ2) is 4.57. The summed E-state index contributed by atoms with van der Waals surface area (Å²) in [5.41, 5.74) is 0.364. The molecule has 0 saturated heterocycles. The molecule has 4 fully saturated rings. The van der Waals surface area contributed by atoms with Gasteiger partial charge in [-0.25, -0.2) is 0 Å². The summed E-state index contributed by atoms with van der Waals surface area (Å²) >= 11 is 0. The fourth-order valence-electron chi connectivity index (χ4n) is 5.44. The van der Waals surface area contributed by atoms with Gasteiger partial charge in [0.05, 0.1) is 6.10 Å². The number of aliphatic hydroxyl groups excluding tert-OH is 1. The molecule has 1 N–H and O–H groups in total. The van der Waals surface area contributed by atoms with E-state index in [0.717, 1.165) is 11.8 Å². The van der Waals surface area contributed by atoms with Crippen molar-refractivity contribution in [2.24, 2.45) is 23.2 Å². The van der Waals surface area contributed by atoms with E-state index in [2.05, 4.69) is 6.92 Å². The highest BCUT2D eigenvalue weighted by molar-refractivity contribution is 5.06. The van der Waals surface area contributed by atoms with Gasteiger partial charge >= 0.3 is 0 Å². The Labute approximate surface area is 106 Å². The van der Waals surface area contributed by atoms with Crippen LogP contribution in [0.2, 0.25) is 0 Å². The Balaban J connectivity index is 1.64. The van der Waals surface area contributed by atoms with Crippen LogP contribution in [0.15, 0.2) is 0 Å². The molecule has 17 heavy (non-hydrogen) atoms. The van der Waals surface area contributed by atoms with Crippen molar-refractivity contribution in [2.45, 2.75) is 77.2 Å². The lowest BCUT2D eigenvalue weighted by molar-refractivity contribution is -0.159. The van der Waals surface area contributed by atoms with E-state index in [1.165, 1.54) is 64.2 Å². The van der Waals surface area contributed by atoms with Crippen LogP contribution in [-0.2, 0) is 0 Å². The molecule has 5 atom stereocenters. The third-order valence-electron chi connectivity index (χ3n) is 5.93. The molecule has 0 heterocycles. The molecule has 0 amide bonds. The standard InChI is InChI=1S/C16H28O/c1-2-3-4-5-6-16-10-12-7-13(11-16)9-14(8-12)15(16)17/h12-15,17H,2-11H2,1H3/t12-,13+,14?,15?,16?. The number of hydrogen-bond donors (Lipinski definition) is 1. The number of rotatable bonds is 5. The Morgan fingerprint density at radius 3 is 2.35 bits per heavy atom. The Kier molecular flexibility index (Phi) is 3.23. The van der Waals surface area contributed by atoms with E-state index in [0.29, 0.717) is 11.3 Å². The summed E-state index contributed by atoms with van der Waals surface area (Å²) in [6.07, 6.45) is 13.7. The first-order chi connectivity index (χ1) is 8.23. The summed E-state index contributed by atoms with van der Waals surface area (Å²) in [5, 5.41) is 10.6. The minimum atomic E-state index is 0.0527. The number of hydrogen-bond acceptors (Lipinski definition) is 1. The molecule has 0 aromatic heterocycles.